The van der Waals surface area contributed by atoms with Crippen molar-refractivity contribution in [1.29, 1.82) is 0 Å². The van der Waals surface area contributed by atoms with Crippen LogP contribution in [0.15, 0.2) is 53.9 Å². The zero-order chi connectivity index (χ0) is 22.9. The van der Waals surface area contributed by atoms with Gasteiger partial charge in [-0.3, -0.25) is 14.3 Å². The number of benzene rings is 1. The number of rotatable bonds is 7. The molecule has 6 nitrogen and oxygen atoms in total. The number of fused-ring (bicyclic) bond motifs is 2. The van der Waals surface area contributed by atoms with Crippen LogP contribution in [0.5, 0.6) is 0 Å². The summed E-state index contributed by atoms with van der Waals surface area (Å²) in [6.45, 7) is 6.20. The monoisotopic (exact) mass is 461 g/mol. The summed E-state index contributed by atoms with van der Waals surface area (Å²) in [5, 5.41) is 12.7. The van der Waals surface area contributed by atoms with Crippen LogP contribution in [0.25, 0.3) is 17.1 Å². The maximum atomic E-state index is 13.1. The third-order valence-corrected chi connectivity index (χ3v) is 8.41. The van der Waals surface area contributed by atoms with Crippen LogP contribution in [-0.4, -0.2) is 36.9 Å². The molecule has 0 radical (unpaired) electrons. The van der Waals surface area contributed by atoms with Crippen LogP contribution in [0, 0.1) is 24.7 Å². The summed E-state index contributed by atoms with van der Waals surface area (Å²) in [5.74, 6) is 3.09. The Morgan fingerprint density at radius 1 is 1.12 bits per heavy atom. The fourth-order valence-electron chi connectivity index (χ4n) is 5.63. The molecule has 2 aliphatic carbocycles. The molecular formula is C26H31N5OS. The molecule has 33 heavy (non-hydrogen) atoms. The fourth-order valence-corrected chi connectivity index (χ4v) is 6.50. The van der Waals surface area contributed by atoms with Crippen LogP contribution in [0.1, 0.15) is 45.1 Å². The van der Waals surface area contributed by atoms with Gasteiger partial charge in [-0.1, -0.05) is 36.4 Å². The Balaban J connectivity index is 1.37. The first-order chi connectivity index (χ1) is 16.0. The molecule has 172 valence electrons. The number of para-hydroxylation sites is 1. The molecule has 0 aliphatic heterocycles. The molecule has 2 saturated carbocycles. The van der Waals surface area contributed by atoms with Crippen molar-refractivity contribution in [3.63, 3.8) is 0 Å². The summed E-state index contributed by atoms with van der Waals surface area (Å²) in [4.78, 5) is 17.4. The molecule has 1 aromatic carbocycles. The summed E-state index contributed by atoms with van der Waals surface area (Å²) in [7, 11) is 0. The Bertz CT molecular complexity index is 1130. The number of hydrogen-bond donors (Lipinski definition) is 1. The molecule has 5 rings (SSSR count). The average Bonchev–Trinajstić information content (AvgIpc) is 3.56. The second-order valence-corrected chi connectivity index (χ2v) is 10.9. The highest BCUT2D eigenvalue weighted by atomic mass is 32.2. The largest absolute Gasteiger partial charge is 0.352 e. The van der Waals surface area contributed by atoms with Crippen molar-refractivity contribution in [1.82, 2.24) is 25.1 Å². The van der Waals surface area contributed by atoms with Gasteiger partial charge in [-0.25, -0.2) is 0 Å². The summed E-state index contributed by atoms with van der Waals surface area (Å²) >= 11 is 1.45. The van der Waals surface area contributed by atoms with Gasteiger partial charge in [0.25, 0.3) is 0 Å². The topological polar surface area (TPSA) is 72.7 Å². The van der Waals surface area contributed by atoms with Gasteiger partial charge in [0.1, 0.15) is 0 Å². The summed E-state index contributed by atoms with van der Waals surface area (Å²) < 4.78 is 2.04. The van der Waals surface area contributed by atoms with Crippen LogP contribution < -0.4 is 5.32 Å². The van der Waals surface area contributed by atoms with E-state index < -0.39 is 0 Å². The average molecular weight is 462 g/mol. The van der Waals surface area contributed by atoms with E-state index >= 15 is 0 Å². The Hall–Kier alpha value is -2.67. The number of carbonyl (C=O) groups is 1. The van der Waals surface area contributed by atoms with E-state index in [1.54, 1.807) is 12.4 Å². The van der Waals surface area contributed by atoms with Crippen molar-refractivity contribution in [2.24, 2.45) is 17.8 Å². The molecule has 2 fully saturated rings. The predicted molar refractivity (Wildman–Crippen MR) is 131 cm³/mol. The molecule has 2 aromatic heterocycles. The molecule has 2 heterocycles. The van der Waals surface area contributed by atoms with Gasteiger partial charge in [0.2, 0.25) is 5.91 Å². The highest BCUT2D eigenvalue weighted by Gasteiger charge is 2.42. The molecule has 2 aliphatic rings. The molecule has 5 unspecified atom stereocenters. The predicted octanol–water partition coefficient (Wildman–Crippen LogP) is 5.06. The summed E-state index contributed by atoms with van der Waals surface area (Å²) in [5.41, 5.74) is 3.01. The number of nitrogens with one attached hydrogen (secondary N) is 1. The van der Waals surface area contributed by atoms with Gasteiger partial charge in [-0.2, -0.15) is 0 Å². The molecule has 0 saturated heterocycles. The van der Waals surface area contributed by atoms with Crippen molar-refractivity contribution in [3.05, 3.63) is 54.4 Å². The minimum absolute atomic E-state index is 0.0672. The lowest BCUT2D eigenvalue weighted by Crippen LogP contribution is -2.43. The van der Waals surface area contributed by atoms with Gasteiger partial charge in [-0.05, 0) is 81.5 Å². The molecule has 7 heteroatoms. The highest BCUT2D eigenvalue weighted by Crippen LogP contribution is 2.49. The molecule has 1 N–H and O–H groups in total. The first-order valence-electron chi connectivity index (χ1n) is 11.9. The van der Waals surface area contributed by atoms with Crippen molar-refractivity contribution in [2.75, 3.05) is 0 Å². The van der Waals surface area contributed by atoms with E-state index in [-0.39, 0.29) is 17.2 Å². The fraction of sp³-hybridized carbons (Fsp3) is 0.462. The lowest BCUT2D eigenvalue weighted by molar-refractivity contribution is -0.121. The SMILES string of the molecule is Cc1ccccc1-n1c(SC(C)C(=O)NC(C)C2CC3CCC2C3)nnc1-c1cccnc1. The minimum atomic E-state index is -0.278. The minimum Gasteiger partial charge on any atom is -0.352 e. The Labute approximate surface area is 199 Å². The van der Waals surface area contributed by atoms with Crippen LogP contribution >= 0.6 is 11.8 Å². The number of amides is 1. The van der Waals surface area contributed by atoms with Gasteiger partial charge in [0.05, 0.1) is 10.9 Å². The Morgan fingerprint density at radius 3 is 2.67 bits per heavy atom. The number of aromatic nitrogens is 4. The summed E-state index contributed by atoms with van der Waals surface area (Å²) in [6.07, 6.45) is 8.87. The smallest absolute Gasteiger partial charge is 0.233 e. The maximum absolute atomic E-state index is 13.1. The van der Waals surface area contributed by atoms with E-state index in [9.17, 15) is 4.79 Å². The van der Waals surface area contributed by atoms with Gasteiger partial charge in [0.15, 0.2) is 11.0 Å². The van der Waals surface area contributed by atoms with E-state index in [1.807, 2.05) is 35.8 Å². The van der Waals surface area contributed by atoms with E-state index in [2.05, 4.69) is 46.5 Å². The summed E-state index contributed by atoms with van der Waals surface area (Å²) in [6, 6.07) is 12.3. The molecule has 3 aromatic rings. The Morgan fingerprint density at radius 2 is 1.97 bits per heavy atom. The molecule has 1 amide bonds. The number of nitrogens with zero attached hydrogens (tertiary/aromatic N) is 4. The zero-order valence-electron chi connectivity index (χ0n) is 19.4. The van der Waals surface area contributed by atoms with Gasteiger partial charge < -0.3 is 5.32 Å². The first-order valence-corrected chi connectivity index (χ1v) is 12.8. The van der Waals surface area contributed by atoms with Crippen molar-refractivity contribution in [3.8, 4) is 17.1 Å². The second kappa shape index (κ2) is 9.29. The van der Waals surface area contributed by atoms with E-state index in [1.165, 1.54) is 37.4 Å². The van der Waals surface area contributed by atoms with E-state index in [0.717, 1.165) is 34.5 Å². The zero-order valence-corrected chi connectivity index (χ0v) is 20.3. The molecule has 2 bridgehead atoms. The number of hydrogen-bond acceptors (Lipinski definition) is 5. The van der Waals surface area contributed by atoms with Gasteiger partial charge in [-0.15, -0.1) is 10.2 Å². The third kappa shape index (κ3) is 4.43. The second-order valence-electron chi connectivity index (χ2n) is 9.57. The van der Waals surface area contributed by atoms with Crippen LogP contribution in [0.3, 0.4) is 0 Å². The maximum Gasteiger partial charge on any atom is 0.233 e. The Kier molecular flexibility index (Phi) is 6.23. The van der Waals surface area contributed by atoms with Crippen LogP contribution in [0.2, 0.25) is 0 Å². The van der Waals surface area contributed by atoms with E-state index in [4.69, 9.17) is 0 Å². The number of pyridine rings is 1. The lowest BCUT2D eigenvalue weighted by Gasteiger charge is -2.29. The lowest BCUT2D eigenvalue weighted by atomic mass is 9.84. The quantitative estimate of drug-likeness (QED) is 0.498. The standard InChI is InChI=1S/C26H31N5OS/c1-16-7-4-5-9-23(16)31-24(21-8-6-12-27-15-21)29-30-26(31)33-18(3)25(32)28-17(2)22-14-19-10-11-20(22)13-19/h4-9,12,15,17-20,22H,10-11,13-14H2,1-3H3,(H,28,32). The van der Waals surface area contributed by atoms with Gasteiger partial charge >= 0.3 is 0 Å². The molecule has 0 spiro atoms. The highest BCUT2D eigenvalue weighted by molar-refractivity contribution is 8.00. The normalized spacial score (nSPS) is 23.4. The molecule has 5 atom stereocenters. The van der Waals surface area contributed by atoms with Crippen LogP contribution in [-0.2, 0) is 4.79 Å². The van der Waals surface area contributed by atoms with Crippen molar-refractivity contribution in [2.45, 2.75) is 62.9 Å². The van der Waals surface area contributed by atoms with Gasteiger partial charge in [0, 0.05) is 24.0 Å². The number of thioether (sulfide) groups is 1. The van der Waals surface area contributed by atoms with Crippen LogP contribution in [0.4, 0.5) is 0 Å². The first kappa shape index (κ1) is 22.1. The molecular weight excluding hydrogens is 430 g/mol. The number of aryl methyl sites for hydroxylation is 1. The van der Waals surface area contributed by atoms with Crippen molar-refractivity contribution < 1.29 is 4.79 Å². The third-order valence-electron chi connectivity index (χ3n) is 7.37. The van der Waals surface area contributed by atoms with E-state index in [0.29, 0.717) is 11.1 Å². The number of carbonyl (C=O) groups excluding carboxylic acids is 1. The van der Waals surface area contributed by atoms with Crippen molar-refractivity contribution >= 4 is 17.7 Å².